The number of ether oxygens (including phenoxy) is 1. The van der Waals surface area contributed by atoms with Crippen LogP contribution >= 0.6 is 15.9 Å². The third-order valence-electron chi connectivity index (χ3n) is 6.82. The molecule has 3 aromatic carbocycles. The second-order valence-electron chi connectivity index (χ2n) is 9.09. The van der Waals surface area contributed by atoms with Crippen LogP contribution in [0, 0.1) is 12.3 Å². The molecule has 0 radical (unpaired) electrons. The number of hydrogen-bond donors (Lipinski definition) is 0. The summed E-state index contributed by atoms with van der Waals surface area (Å²) in [4.78, 5) is 18.6. The maximum Gasteiger partial charge on any atom is 0.321 e. The van der Waals surface area contributed by atoms with Crippen LogP contribution in [0.4, 0.5) is 5.69 Å². The Balaban J connectivity index is 1.75. The number of benzene rings is 3. The van der Waals surface area contributed by atoms with E-state index in [0.717, 1.165) is 25.6 Å². The maximum atomic E-state index is 14.1. The van der Waals surface area contributed by atoms with Gasteiger partial charge in [0.05, 0.1) is 22.9 Å². The van der Waals surface area contributed by atoms with Gasteiger partial charge in [-0.15, -0.1) is 0 Å². The minimum atomic E-state index is -4.14. The van der Waals surface area contributed by atoms with Crippen LogP contribution in [0.1, 0.15) is 29.7 Å². The fourth-order valence-corrected chi connectivity index (χ4v) is 6.82. The highest BCUT2D eigenvalue weighted by Gasteiger charge is 2.64. The zero-order valence-electron chi connectivity index (χ0n) is 20.5. The molecule has 0 aliphatic carbocycles. The van der Waals surface area contributed by atoms with Gasteiger partial charge in [-0.05, 0) is 56.2 Å². The molecule has 1 saturated heterocycles. The summed E-state index contributed by atoms with van der Waals surface area (Å²) in [5.41, 5.74) is 1.83. The summed E-state index contributed by atoms with van der Waals surface area (Å²) < 4.78 is 35.8. The standard InChI is InChI=1S/C28H26BrN3O4S/c1-4-36-27(33)28(17-21-11-13-22(29)14-12-21)20(3)32(37(34,35)23-15-9-19(2)10-16-23)31-18-30-25-8-6-5-7-24(25)26(28)31/h5-16,18,26H,3-4,17H2,1-2H3/t26-,28-/m1/s1. The first-order valence-electron chi connectivity index (χ1n) is 11.8. The molecule has 0 N–H and O–H groups in total. The van der Waals surface area contributed by atoms with Crippen molar-refractivity contribution in [3.63, 3.8) is 0 Å². The summed E-state index contributed by atoms with van der Waals surface area (Å²) in [6.45, 7) is 8.01. The SMILES string of the molecule is C=C1N(S(=O)(=O)c2ccc(C)cc2)N2C=Nc3ccccc3[C@@H]2[C@]1(Cc1ccc(Br)cc1)C(=O)OCC. The summed E-state index contributed by atoms with van der Waals surface area (Å²) in [6, 6.07) is 20.9. The van der Waals surface area contributed by atoms with Crippen molar-refractivity contribution in [1.29, 1.82) is 0 Å². The van der Waals surface area contributed by atoms with Gasteiger partial charge in [-0.25, -0.2) is 4.99 Å². The Kier molecular flexibility index (Phi) is 6.45. The molecule has 1 fully saturated rings. The van der Waals surface area contributed by atoms with E-state index in [-0.39, 0.29) is 23.6 Å². The monoisotopic (exact) mass is 579 g/mol. The highest BCUT2D eigenvalue weighted by molar-refractivity contribution is 9.10. The van der Waals surface area contributed by atoms with Gasteiger partial charge in [0.1, 0.15) is 17.8 Å². The number of aliphatic imine (C=N–C) groups is 1. The molecule has 5 rings (SSSR count). The molecular weight excluding hydrogens is 554 g/mol. The van der Waals surface area contributed by atoms with Crippen molar-refractivity contribution in [2.75, 3.05) is 6.61 Å². The van der Waals surface area contributed by atoms with Crippen molar-refractivity contribution in [3.05, 3.63) is 106 Å². The van der Waals surface area contributed by atoms with Crippen LogP contribution in [-0.4, -0.2) is 36.8 Å². The molecule has 2 aliphatic heterocycles. The molecule has 2 heterocycles. The van der Waals surface area contributed by atoms with Crippen molar-refractivity contribution in [2.45, 2.75) is 31.2 Å². The Morgan fingerprint density at radius 2 is 1.76 bits per heavy atom. The second kappa shape index (κ2) is 9.46. The largest absolute Gasteiger partial charge is 0.465 e. The van der Waals surface area contributed by atoms with Crippen molar-refractivity contribution in [2.24, 2.45) is 10.4 Å². The van der Waals surface area contributed by atoms with E-state index in [1.54, 1.807) is 31.2 Å². The number of para-hydroxylation sites is 1. The van der Waals surface area contributed by atoms with Gasteiger partial charge in [0.2, 0.25) is 0 Å². The van der Waals surface area contributed by atoms with Crippen molar-refractivity contribution >= 4 is 43.9 Å². The van der Waals surface area contributed by atoms with E-state index in [0.29, 0.717) is 5.69 Å². The maximum absolute atomic E-state index is 14.1. The number of hydrazine groups is 1. The van der Waals surface area contributed by atoms with Crippen LogP contribution in [0.3, 0.4) is 0 Å². The highest BCUT2D eigenvalue weighted by atomic mass is 79.9. The fourth-order valence-electron chi connectivity index (χ4n) is 5.04. The Morgan fingerprint density at radius 3 is 2.43 bits per heavy atom. The van der Waals surface area contributed by atoms with Crippen LogP contribution in [-0.2, 0) is 26.0 Å². The highest BCUT2D eigenvalue weighted by Crippen LogP contribution is 2.58. The third kappa shape index (κ3) is 4.06. The predicted molar refractivity (Wildman–Crippen MR) is 145 cm³/mol. The summed E-state index contributed by atoms with van der Waals surface area (Å²) in [5, 5.41) is 1.51. The number of nitrogens with zero attached hydrogens (tertiary/aromatic N) is 3. The molecule has 9 heteroatoms. The van der Waals surface area contributed by atoms with Crippen LogP contribution in [0.2, 0.25) is 0 Å². The van der Waals surface area contributed by atoms with Gasteiger partial charge >= 0.3 is 5.97 Å². The summed E-state index contributed by atoms with van der Waals surface area (Å²) in [7, 11) is -4.14. The number of carbonyl (C=O) groups excluding carboxylic acids is 1. The first-order chi connectivity index (χ1) is 17.7. The van der Waals surface area contributed by atoms with Crippen LogP contribution in [0.25, 0.3) is 0 Å². The lowest BCUT2D eigenvalue weighted by molar-refractivity contribution is -0.154. The number of carbonyl (C=O) groups is 1. The predicted octanol–water partition coefficient (Wildman–Crippen LogP) is 5.70. The fraction of sp³-hybridized carbons (Fsp3) is 0.214. The summed E-state index contributed by atoms with van der Waals surface area (Å²) >= 11 is 3.46. The van der Waals surface area contributed by atoms with E-state index < -0.39 is 27.4 Å². The van der Waals surface area contributed by atoms with Crippen LogP contribution in [0.15, 0.2) is 99.4 Å². The molecule has 2 aliphatic rings. The number of halogens is 1. The average molecular weight is 581 g/mol. The molecule has 0 unspecified atom stereocenters. The lowest BCUT2D eigenvalue weighted by Gasteiger charge is -2.36. The van der Waals surface area contributed by atoms with Crippen molar-refractivity contribution < 1.29 is 17.9 Å². The van der Waals surface area contributed by atoms with Crippen molar-refractivity contribution in [3.8, 4) is 0 Å². The Bertz CT molecular complexity index is 1500. The van der Waals surface area contributed by atoms with Gasteiger partial charge in [0.15, 0.2) is 0 Å². The van der Waals surface area contributed by atoms with Crippen molar-refractivity contribution in [1.82, 2.24) is 9.42 Å². The number of sulfonamides is 1. The van der Waals surface area contributed by atoms with E-state index in [2.05, 4.69) is 27.5 Å². The number of fused-ring (bicyclic) bond motifs is 3. The first kappa shape index (κ1) is 25.2. The number of aryl methyl sites for hydroxylation is 1. The Labute approximate surface area is 225 Å². The molecule has 0 saturated carbocycles. The van der Waals surface area contributed by atoms with Gasteiger partial charge in [0, 0.05) is 10.0 Å². The molecular formula is C28H26BrN3O4S. The first-order valence-corrected chi connectivity index (χ1v) is 14.1. The molecule has 190 valence electrons. The van der Waals surface area contributed by atoms with Gasteiger partial charge in [-0.2, -0.15) is 12.8 Å². The molecule has 0 amide bonds. The van der Waals surface area contributed by atoms with E-state index in [4.69, 9.17) is 4.74 Å². The molecule has 7 nitrogen and oxygen atoms in total. The normalized spacial score (nSPS) is 20.5. The summed E-state index contributed by atoms with van der Waals surface area (Å²) in [5.74, 6) is -0.537. The van der Waals surface area contributed by atoms with Gasteiger partial charge in [-0.1, -0.05) is 70.5 Å². The molecule has 0 spiro atoms. The van der Waals surface area contributed by atoms with Gasteiger partial charge in [0.25, 0.3) is 10.0 Å². The lowest BCUT2D eigenvalue weighted by atomic mass is 9.71. The van der Waals surface area contributed by atoms with Crippen LogP contribution in [0.5, 0.6) is 0 Å². The molecule has 0 bridgehead atoms. The summed E-state index contributed by atoms with van der Waals surface area (Å²) in [6.07, 6.45) is 1.65. The Morgan fingerprint density at radius 1 is 1.08 bits per heavy atom. The van der Waals surface area contributed by atoms with Crippen LogP contribution < -0.4 is 0 Å². The second-order valence-corrected chi connectivity index (χ2v) is 11.8. The minimum absolute atomic E-state index is 0.0913. The average Bonchev–Trinajstić information content (AvgIpc) is 3.15. The minimum Gasteiger partial charge on any atom is -0.465 e. The number of hydrogen-bond acceptors (Lipinski definition) is 6. The van der Waals surface area contributed by atoms with Gasteiger partial charge in [-0.3, -0.25) is 9.80 Å². The lowest BCUT2D eigenvalue weighted by Crippen LogP contribution is -2.43. The molecule has 37 heavy (non-hydrogen) atoms. The topological polar surface area (TPSA) is 79.3 Å². The van der Waals surface area contributed by atoms with E-state index in [1.807, 2.05) is 55.5 Å². The Hall–Kier alpha value is -3.43. The molecule has 2 atom stereocenters. The van der Waals surface area contributed by atoms with E-state index in [1.165, 1.54) is 11.3 Å². The quantitative estimate of drug-likeness (QED) is 0.350. The van der Waals surface area contributed by atoms with Gasteiger partial charge < -0.3 is 4.74 Å². The third-order valence-corrected chi connectivity index (χ3v) is 9.08. The number of rotatable bonds is 6. The molecule has 0 aromatic heterocycles. The smallest absolute Gasteiger partial charge is 0.321 e. The number of esters is 1. The zero-order valence-corrected chi connectivity index (χ0v) is 22.9. The van der Waals surface area contributed by atoms with E-state index >= 15 is 0 Å². The zero-order chi connectivity index (χ0) is 26.4. The van der Waals surface area contributed by atoms with E-state index in [9.17, 15) is 13.2 Å². The molecule has 3 aromatic rings.